The van der Waals surface area contributed by atoms with E-state index >= 15 is 0 Å². The summed E-state index contributed by atoms with van der Waals surface area (Å²) in [6.07, 6.45) is 0.458. The van der Waals surface area contributed by atoms with Gasteiger partial charge in [0.1, 0.15) is 0 Å². The number of hydrogen-bond acceptors (Lipinski definition) is 3. The van der Waals surface area contributed by atoms with Gasteiger partial charge in [-0.05, 0) is 18.3 Å². The van der Waals surface area contributed by atoms with E-state index in [-0.39, 0.29) is 11.7 Å². The molecule has 17 heavy (non-hydrogen) atoms. The van der Waals surface area contributed by atoms with Crippen molar-refractivity contribution in [2.24, 2.45) is 10.8 Å². The van der Waals surface area contributed by atoms with Crippen molar-refractivity contribution < 1.29 is 4.48 Å². The van der Waals surface area contributed by atoms with Crippen LogP contribution in [0.25, 0.3) is 0 Å². The number of nitrogens with two attached hydrogens (primary N) is 1. The third-order valence-electron chi connectivity index (χ3n) is 2.39. The zero-order valence-electron chi connectivity index (χ0n) is 8.78. The van der Waals surface area contributed by atoms with Gasteiger partial charge in [0.25, 0.3) is 0 Å². The fourth-order valence-corrected chi connectivity index (χ4v) is 2.00. The molecule has 1 aromatic carbocycles. The SMILES string of the molecule is NC(=S)NN=C1CCN(F)c2c(Cl)cccc21. The average Bonchev–Trinajstić information content (AvgIpc) is 2.28. The summed E-state index contributed by atoms with van der Waals surface area (Å²) in [6.45, 7) is 0.203. The molecule has 4 nitrogen and oxygen atoms in total. The average molecular weight is 273 g/mol. The van der Waals surface area contributed by atoms with E-state index < -0.39 is 0 Å². The van der Waals surface area contributed by atoms with Crippen molar-refractivity contribution in [1.29, 1.82) is 0 Å². The highest BCUT2D eigenvalue weighted by atomic mass is 35.5. The Bertz CT molecular complexity index is 491. The minimum Gasteiger partial charge on any atom is -0.375 e. The van der Waals surface area contributed by atoms with Crippen LogP contribution in [0.2, 0.25) is 5.02 Å². The van der Waals surface area contributed by atoms with Crippen LogP contribution in [0.5, 0.6) is 0 Å². The lowest BCUT2D eigenvalue weighted by molar-refractivity contribution is 0.434. The number of nitrogens with one attached hydrogen (secondary N) is 1. The van der Waals surface area contributed by atoms with Gasteiger partial charge < -0.3 is 5.73 Å². The van der Waals surface area contributed by atoms with E-state index in [1.807, 2.05) is 0 Å². The molecule has 0 amide bonds. The molecule has 1 heterocycles. The zero-order valence-corrected chi connectivity index (χ0v) is 10.4. The van der Waals surface area contributed by atoms with Crippen molar-refractivity contribution in [3.05, 3.63) is 28.8 Å². The molecule has 0 fully saturated rings. The van der Waals surface area contributed by atoms with Crippen LogP contribution < -0.4 is 16.3 Å². The summed E-state index contributed by atoms with van der Waals surface area (Å²) in [5, 5.41) is 5.10. The van der Waals surface area contributed by atoms with Crippen LogP contribution in [0.4, 0.5) is 10.2 Å². The summed E-state index contributed by atoms with van der Waals surface area (Å²) in [6, 6.07) is 5.14. The molecule has 0 aromatic heterocycles. The van der Waals surface area contributed by atoms with E-state index in [1.165, 1.54) is 0 Å². The van der Waals surface area contributed by atoms with Gasteiger partial charge in [-0.15, -0.1) is 0 Å². The van der Waals surface area contributed by atoms with Gasteiger partial charge in [-0.25, -0.2) is 5.12 Å². The zero-order chi connectivity index (χ0) is 12.4. The Labute approximate surface area is 108 Å². The number of fused-ring (bicyclic) bond motifs is 1. The van der Waals surface area contributed by atoms with Crippen LogP contribution in [0.3, 0.4) is 0 Å². The number of rotatable bonds is 1. The maximum absolute atomic E-state index is 13.6. The monoisotopic (exact) mass is 272 g/mol. The quantitative estimate of drug-likeness (QED) is 0.466. The topological polar surface area (TPSA) is 53.6 Å². The molecule has 0 spiro atoms. The van der Waals surface area contributed by atoms with E-state index in [2.05, 4.69) is 22.7 Å². The number of para-hydroxylation sites is 1. The van der Waals surface area contributed by atoms with E-state index in [0.29, 0.717) is 33.5 Å². The molecule has 1 aliphatic rings. The van der Waals surface area contributed by atoms with Crippen LogP contribution >= 0.6 is 23.8 Å². The number of thiocarbonyl (C=S) groups is 1. The fourth-order valence-electron chi connectivity index (χ4n) is 1.68. The Hall–Kier alpha value is -1.40. The molecule has 0 aliphatic carbocycles. The third kappa shape index (κ3) is 2.48. The highest BCUT2D eigenvalue weighted by Gasteiger charge is 2.24. The smallest absolute Gasteiger partial charge is 0.184 e. The summed E-state index contributed by atoms with van der Waals surface area (Å²) in [7, 11) is 0. The Morgan fingerprint density at radius 3 is 3.06 bits per heavy atom. The van der Waals surface area contributed by atoms with Gasteiger partial charge in [0.15, 0.2) is 5.11 Å². The lowest BCUT2D eigenvalue weighted by Crippen LogP contribution is -2.30. The minimum atomic E-state index is 0.0729. The van der Waals surface area contributed by atoms with Crippen LogP contribution in [0, 0.1) is 0 Å². The molecule has 0 saturated carbocycles. The number of hydrazone groups is 1. The molecule has 0 atom stereocenters. The summed E-state index contributed by atoms with van der Waals surface area (Å²) in [5.41, 5.74) is 9.46. The molecule has 0 saturated heterocycles. The van der Waals surface area contributed by atoms with E-state index in [0.717, 1.165) is 0 Å². The lowest BCUT2D eigenvalue weighted by Gasteiger charge is -2.25. The fraction of sp³-hybridized carbons (Fsp3) is 0.200. The van der Waals surface area contributed by atoms with Gasteiger partial charge in [-0.1, -0.05) is 28.2 Å². The first-order chi connectivity index (χ1) is 8.09. The standard InChI is InChI=1S/C10H10ClFN4S/c11-7-3-1-2-6-8(14-15-10(13)17)4-5-16(12)9(6)7/h1-3H,4-5H2,(H3,13,15,17). The van der Waals surface area contributed by atoms with Gasteiger partial charge in [0, 0.05) is 12.0 Å². The molecule has 90 valence electrons. The second-order valence-electron chi connectivity index (χ2n) is 3.51. The van der Waals surface area contributed by atoms with Crippen LogP contribution in [-0.4, -0.2) is 17.4 Å². The van der Waals surface area contributed by atoms with Crippen LogP contribution in [-0.2, 0) is 0 Å². The number of nitrogens with zero attached hydrogens (tertiary/aromatic N) is 2. The first kappa shape index (κ1) is 12.1. The Morgan fingerprint density at radius 1 is 1.59 bits per heavy atom. The summed E-state index contributed by atoms with van der Waals surface area (Å²) < 4.78 is 13.6. The Morgan fingerprint density at radius 2 is 2.35 bits per heavy atom. The van der Waals surface area contributed by atoms with Gasteiger partial charge in [-0.2, -0.15) is 5.10 Å². The summed E-state index contributed by atoms with van der Waals surface area (Å²) in [5.74, 6) is 0. The highest BCUT2D eigenvalue weighted by molar-refractivity contribution is 7.80. The number of anilines is 1. The molecule has 0 unspecified atom stereocenters. The van der Waals surface area contributed by atoms with Gasteiger partial charge in [-0.3, -0.25) is 5.43 Å². The molecular weight excluding hydrogens is 263 g/mol. The molecule has 7 heteroatoms. The minimum absolute atomic E-state index is 0.0729. The normalized spacial score (nSPS) is 16.8. The van der Waals surface area contributed by atoms with Crippen molar-refractivity contribution in [2.75, 3.05) is 11.7 Å². The van der Waals surface area contributed by atoms with Crippen molar-refractivity contribution in [1.82, 2.24) is 5.43 Å². The van der Waals surface area contributed by atoms with E-state index in [1.54, 1.807) is 18.2 Å². The second-order valence-corrected chi connectivity index (χ2v) is 4.35. The molecule has 0 bridgehead atoms. The Balaban J connectivity index is 2.43. The maximum atomic E-state index is 13.6. The number of hydrogen-bond donors (Lipinski definition) is 2. The maximum Gasteiger partial charge on any atom is 0.184 e. The third-order valence-corrected chi connectivity index (χ3v) is 2.78. The van der Waals surface area contributed by atoms with Crippen LogP contribution in [0.1, 0.15) is 12.0 Å². The van der Waals surface area contributed by atoms with Gasteiger partial charge >= 0.3 is 0 Å². The van der Waals surface area contributed by atoms with Crippen molar-refractivity contribution >= 4 is 40.3 Å². The molecule has 3 N–H and O–H groups in total. The molecule has 1 aliphatic heterocycles. The van der Waals surface area contributed by atoms with Gasteiger partial charge in [0.2, 0.25) is 0 Å². The highest BCUT2D eigenvalue weighted by Crippen LogP contribution is 2.34. The molecule has 1 aromatic rings. The largest absolute Gasteiger partial charge is 0.375 e. The number of halogens is 2. The summed E-state index contributed by atoms with van der Waals surface area (Å²) in [4.78, 5) is 0. The predicted molar refractivity (Wildman–Crippen MR) is 71.0 cm³/mol. The van der Waals surface area contributed by atoms with E-state index in [9.17, 15) is 4.48 Å². The first-order valence-electron chi connectivity index (χ1n) is 4.94. The summed E-state index contributed by atoms with van der Waals surface area (Å²) >= 11 is 10.6. The van der Waals surface area contributed by atoms with Crippen molar-refractivity contribution in [3.8, 4) is 0 Å². The van der Waals surface area contributed by atoms with Crippen molar-refractivity contribution in [2.45, 2.75) is 6.42 Å². The lowest BCUT2D eigenvalue weighted by atomic mass is 10.0. The molecule has 0 radical (unpaired) electrons. The van der Waals surface area contributed by atoms with Gasteiger partial charge in [0.05, 0.1) is 23.0 Å². The Kier molecular flexibility index (Phi) is 3.44. The number of benzene rings is 1. The predicted octanol–water partition coefficient (Wildman–Crippen LogP) is 1.97. The van der Waals surface area contributed by atoms with Crippen molar-refractivity contribution in [3.63, 3.8) is 0 Å². The first-order valence-corrected chi connectivity index (χ1v) is 5.72. The van der Waals surface area contributed by atoms with E-state index in [4.69, 9.17) is 17.3 Å². The second kappa shape index (κ2) is 4.85. The molecule has 2 rings (SSSR count). The molecular formula is C10H10ClFN4S. The van der Waals surface area contributed by atoms with Crippen LogP contribution in [0.15, 0.2) is 23.3 Å².